The third-order valence-corrected chi connectivity index (χ3v) is 6.54. The maximum absolute atomic E-state index is 5.65. The minimum Gasteiger partial charge on any atom is -0.493 e. The average Bonchev–Trinajstić information content (AvgIpc) is 2.73. The molecule has 1 aromatic carbocycles. The van der Waals surface area contributed by atoms with Gasteiger partial charge in [0, 0.05) is 49.5 Å². The Hall–Kier alpha value is -1.76. The van der Waals surface area contributed by atoms with E-state index < -0.39 is 0 Å². The Bertz CT molecular complexity index is 707. The summed E-state index contributed by atoms with van der Waals surface area (Å²) in [5.41, 5.74) is 2.50. The van der Waals surface area contributed by atoms with Gasteiger partial charge in [0.05, 0.1) is 14.2 Å². The van der Waals surface area contributed by atoms with Crippen LogP contribution in [0.15, 0.2) is 18.2 Å². The van der Waals surface area contributed by atoms with Crippen molar-refractivity contribution in [2.75, 3.05) is 72.5 Å². The molecule has 154 valence electrons. The second-order valence-corrected chi connectivity index (χ2v) is 8.32. The predicted molar refractivity (Wildman–Crippen MR) is 114 cm³/mol. The highest BCUT2D eigenvalue weighted by Gasteiger charge is 2.35. The maximum Gasteiger partial charge on any atom is 0.162 e. The Kier molecular flexibility index (Phi) is 5.80. The van der Waals surface area contributed by atoms with Crippen LogP contribution in [0.4, 0.5) is 5.69 Å². The van der Waals surface area contributed by atoms with E-state index in [0.29, 0.717) is 12.2 Å². The van der Waals surface area contributed by atoms with Gasteiger partial charge in [-0.25, -0.2) is 0 Å². The van der Waals surface area contributed by atoms with Gasteiger partial charge in [0.1, 0.15) is 6.17 Å². The Morgan fingerprint density at radius 3 is 2.07 bits per heavy atom. The molecule has 0 spiro atoms. The van der Waals surface area contributed by atoms with E-state index in [4.69, 9.17) is 9.47 Å². The lowest BCUT2D eigenvalue weighted by molar-refractivity contribution is 0.118. The second kappa shape index (κ2) is 8.31. The van der Waals surface area contributed by atoms with E-state index >= 15 is 0 Å². The number of hydrogen-bond acceptors (Lipinski definition) is 6. The zero-order valence-electron chi connectivity index (χ0n) is 17.7. The van der Waals surface area contributed by atoms with Crippen molar-refractivity contribution in [3.05, 3.63) is 23.8 Å². The Morgan fingerprint density at radius 1 is 0.821 bits per heavy atom. The number of hydrogen-bond donors (Lipinski definition) is 0. The molecule has 3 aliphatic heterocycles. The van der Waals surface area contributed by atoms with Crippen molar-refractivity contribution in [3.63, 3.8) is 0 Å². The third kappa shape index (κ3) is 3.73. The summed E-state index contributed by atoms with van der Waals surface area (Å²) in [5, 5.41) is 0. The summed E-state index contributed by atoms with van der Waals surface area (Å²) in [4.78, 5) is 10.2. The molecular formula is C22H34N4O2. The molecule has 6 nitrogen and oxygen atoms in total. The fourth-order valence-corrected chi connectivity index (χ4v) is 4.74. The monoisotopic (exact) mass is 386 g/mol. The topological polar surface area (TPSA) is 31.4 Å². The van der Waals surface area contributed by atoms with E-state index in [9.17, 15) is 0 Å². The number of likely N-dealkylation sites (tertiary alicyclic amines) is 1. The van der Waals surface area contributed by atoms with Gasteiger partial charge in [-0.05, 0) is 52.2 Å². The molecule has 0 radical (unpaired) electrons. The number of rotatable bonds is 4. The zero-order chi connectivity index (χ0) is 19.7. The van der Waals surface area contributed by atoms with Gasteiger partial charge in [-0.2, -0.15) is 0 Å². The van der Waals surface area contributed by atoms with E-state index in [-0.39, 0.29) is 0 Å². The molecule has 1 aromatic rings. The standard InChI is InChI=1S/C22H34N4O2/c1-23-9-7-18(8-10-23)26-19-16-21(28-4)20(27-3)15-17(19)5-6-22(26)25-13-11-24(2)12-14-25/h5-6,15-16,18,22H,7-14H2,1-4H3. The molecule has 2 saturated heterocycles. The molecule has 0 N–H and O–H groups in total. The number of fused-ring (bicyclic) bond motifs is 1. The van der Waals surface area contributed by atoms with Crippen molar-refractivity contribution < 1.29 is 9.47 Å². The first kappa shape index (κ1) is 19.6. The molecular weight excluding hydrogens is 352 g/mol. The lowest BCUT2D eigenvalue weighted by Gasteiger charge is -2.49. The van der Waals surface area contributed by atoms with Gasteiger partial charge in [0.25, 0.3) is 0 Å². The van der Waals surface area contributed by atoms with Crippen molar-refractivity contribution in [2.45, 2.75) is 25.0 Å². The van der Waals surface area contributed by atoms with Crippen LogP contribution in [0.25, 0.3) is 6.08 Å². The number of anilines is 1. The summed E-state index contributed by atoms with van der Waals surface area (Å²) < 4.78 is 11.2. The SMILES string of the molecule is COc1cc2c(cc1OC)N(C1CCN(C)CC1)C(N1CCN(C)CC1)C=C2. The van der Waals surface area contributed by atoms with E-state index in [1.807, 2.05) is 0 Å². The number of piperidine rings is 1. The van der Waals surface area contributed by atoms with Crippen LogP contribution in [-0.4, -0.2) is 94.5 Å². The molecule has 0 bridgehead atoms. The van der Waals surface area contributed by atoms with E-state index in [1.165, 1.54) is 24.1 Å². The summed E-state index contributed by atoms with van der Waals surface area (Å²) in [7, 11) is 7.88. The Labute approximate surface area is 169 Å². The van der Waals surface area contributed by atoms with Crippen LogP contribution in [0.5, 0.6) is 11.5 Å². The highest BCUT2D eigenvalue weighted by molar-refractivity contribution is 5.76. The smallest absolute Gasteiger partial charge is 0.162 e. The molecule has 0 saturated carbocycles. The summed E-state index contributed by atoms with van der Waals surface area (Å²) in [6.45, 7) is 6.79. The van der Waals surface area contributed by atoms with Crippen LogP contribution in [0, 0.1) is 0 Å². The van der Waals surface area contributed by atoms with Crippen LogP contribution in [0.1, 0.15) is 18.4 Å². The number of nitrogens with zero attached hydrogens (tertiary/aromatic N) is 4. The quantitative estimate of drug-likeness (QED) is 0.789. The predicted octanol–water partition coefficient (Wildman–Crippen LogP) is 2.20. The first-order valence-electron chi connectivity index (χ1n) is 10.4. The Morgan fingerprint density at radius 2 is 1.43 bits per heavy atom. The number of piperazine rings is 1. The summed E-state index contributed by atoms with van der Waals surface area (Å²) in [6, 6.07) is 4.84. The maximum atomic E-state index is 5.65. The van der Waals surface area contributed by atoms with Gasteiger partial charge in [0.2, 0.25) is 0 Å². The zero-order valence-corrected chi connectivity index (χ0v) is 17.7. The highest BCUT2D eigenvalue weighted by atomic mass is 16.5. The summed E-state index contributed by atoms with van der Waals surface area (Å²) >= 11 is 0. The van der Waals surface area contributed by atoms with Gasteiger partial charge in [-0.1, -0.05) is 6.08 Å². The second-order valence-electron chi connectivity index (χ2n) is 8.32. The van der Waals surface area contributed by atoms with Crippen LogP contribution < -0.4 is 14.4 Å². The molecule has 28 heavy (non-hydrogen) atoms. The largest absolute Gasteiger partial charge is 0.493 e. The van der Waals surface area contributed by atoms with Crippen molar-refractivity contribution in [1.29, 1.82) is 0 Å². The fourth-order valence-electron chi connectivity index (χ4n) is 4.74. The molecule has 1 atom stereocenters. The molecule has 3 aliphatic rings. The number of methoxy groups -OCH3 is 2. The molecule has 0 aliphatic carbocycles. The molecule has 3 heterocycles. The Balaban J connectivity index is 1.70. The van der Waals surface area contributed by atoms with Crippen molar-refractivity contribution >= 4 is 11.8 Å². The molecule has 6 heteroatoms. The normalized spacial score (nSPS) is 25.0. The molecule has 0 aromatic heterocycles. The molecule has 4 rings (SSSR count). The van der Waals surface area contributed by atoms with Crippen LogP contribution in [-0.2, 0) is 0 Å². The van der Waals surface area contributed by atoms with Crippen LogP contribution in [0.2, 0.25) is 0 Å². The summed E-state index contributed by atoms with van der Waals surface area (Å²) in [5.74, 6) is 1.61. The minimum absolute atomic E-state index is 0.313. The summed E-state index contributed by atoms with van der Waals surface area (Å²) in [6.07, 6.45) is 7.36. The van der Waals surface area contributed by atoms with Crippen LogP contribution in [0.3, 0.4) is 0 Å². The first-order chi connectivity index (χ1) is 13.6. The first-order valence-corrected chi connectivity index (χ1v) is 10.4. The minimum atomic E-state index is 0.313. The number of likely N-dealkylation sites (N-methyl/N-ethyl adjacent to an activating group) is 1. The van der Waals surface area contributed by atoms with Gasteiger partial charge in [0.15, 0.2) is 11.5 Å². The number of benzene rings is 1. The lowest BCUT2D eigenvalue weighted by Crippen LogP contribution is -2.59. The van der Waals surface area contributed by atoms with Gasteiger partial charge >= 0.3 is 0 Å². The van der Waals surface area contributed by atoms with Crippen molar-refractivity contribution in [3.8, 4) is 11.5 Å². The van der Waals surface area contributed by atoms with E-state index in [0.717, 1.165) is 50.8 Å². The molecule has 0 amide bonds. The van der Waals surface area contributed by atoms with Gasteiger partial charge < -0.3 is 24.2 Å². The lowest BCUT2D eigenvalue weighted by atomic mass is 9.96. The van der Waals surface area contributed by atoms with Gasteiger partial charge in [-0.3, -0.25) is 4.90 Å². The molecule has 1 unspecified atom stereocenters. The van der Waals surface area contributed by atoms with Crippen molar-refractivity contribution in [2.24, 2.45) is 0 Å². The third-order valence-electron chi connectivity index (χ3n) is 6.54. The van der Waals surface area contributed by atoms with Crippen LogP contribution >= 0.6 is 0 Å². The molecule has 2 fully saturated rings. The van der Waals surface area contributed by atoms with Gasteiger partial charge in [-0.15, -0.1) is 0 Å². The van der Waals surface area contributed by atoms with E-state index in [2.05, 4.69) is 58.0 Å². The van der Waals surface area contributed by atoms with Crippen molar-refractivity contribution in [1.82, 2.24) is 14.7 Å². The highest BCUT2D eigenvalue weighted by Crippen LogP contribution is 2.41. The fraction of sp³-hybridized carbons (Fsp3) is 0.636. The average molecular weight is 387 g/mol. The van der Waals surface area contributed by atoms with E-state index in [1.54, 1.807) is 14.2 Å². The number of ether oxygens (including phenoxy) is 2.